The third kappa shape index (κ3) is 2.74. The highest BCUT2D eigenvalue weighted by molar-refractivity contribution is 5.38. The molecule has 0 radical (unpaired) electrons. The van der Waals surface area contributed by atoms with E-state index in [0.29, 0.717) is 11.8 Å². The minimum absolute atomic E-state index is 0.382. The van der Waals surface area contributed by atoms with Crippen LogP contribution in [0.2, 0.25) is 0 Å². The Balaban J connectivity index is 1.26. The number of aryl methyl sites for hydroxylation is 2. The largest absolute Gasteiger partial charge is 0.480 e. The molecule has 0 N–H and O–H groups in total. The van der Waals surface area contributed by atoms with Gasteiger partial charge in [0.05, 0.1) is 12.8 Å². The second kappa shape index (κ2) is 6.35. The summed E-state index contributed by atoms with van der Waals surface area (Å²) in [4.78, 5) is 2.49. The molecule has 0 saturated carbocycles. The summed E-state index contributed by atoms with van der Waals surface area (Å²) in [7, 11) is 1.63. The molecule has 1 fully saturated rings. The van der Waals surface area contributed by atoms with Crippen molar-refractivity contribution in [1.29, 1.82) is 0 Å². The number of methoxy groups -OCH3 is 1. The lowest BCUT2D eigenvalue weighted by Crippen LogP contribution is -2.33. The number of aromatic nitrogens is 6. The van der Waals surface area contributed by atoms with Crippen molar-refractivity contribution in [2.75, 3.05) is 20.2 Å². The topological polar surface area (TPSA) is 73.4 Å². The van der Waals surface area contributed by atoms with Crippen LogP contribution in [0, 0.1) is 0 Å². The van der Waals surface area contributed by atoms with Crippen LogP contribution in [0.15, 0.2) is 18.2 Å². The third-order valence-corrected chi connectivity index (χ3v) is 5.53. The van der Waals surface area contributed by atoms with Crippen LogP contribution in [0.5, 0.6) is 5.88 Å². The standard InChI is InChI=1S/C18H23N7O/c1-26-17-5-4-16-19-20-18(25(16)22-17)13-6-9-23(10-7-13)12-14-11-15-3-2-8-24(15)21-14/h4-5,11,13H,2-3,6-10,12H2,1H3. The average molecular weight is 353 g/mol. The van der Waals surface area contributed by atoms with E-state index in [9.17, 15) is 0 Å². The molecule has 0 spiro atoms. The highest BCUT2D eigenvalue weighted by atomic mass is 16.5. The quantitative estimate of drug-likeness (QED) is 0.710. The predicted molar refractivity (Wildman–Crippen MR) is 95.1 cm³/mol. The van der Waals surface area contributed by atoms with Crippen molar-refractivity contribution in [2.24, 2.45) is 0 Å². The van der Waals surface area contributed by atoms with Crippen LogP contribution in [0.25, 0.3) is 5.65 Å². The first-order valence-electron chi connectivity index (χ1n) is 9.34. The number of hydrogen-bond donors (Lipinski definition) is 0. The van der Waals surface area contributed by atoms with Crippen LogP contribution in [0.3, 0.4) is 0 Å². The molecule has 2 aliphatic rings. The van der Waals surface area contributed by atoms with Gasteiger partial charge in [-0.15, -0.1) is 15.3 Å². The van der Waals surface area contributed by atoms with Gasteiger partial charge in [-0.25, -0.2) is 0 Å². The van der Waals surface area contributed by atoms with Crippen LogP contribution in [0.4, 0.5) is 0 Å². The van der Waals surface area contributed by atoms with Crippen LogP contribution in [0.1, 0.15) is 42.4 Å². The van der Waals surface area contributed by atoms with Gasteiger partial charge in [-0.1, -0.05) is 0 Å². The van der Waals surface area contributed by atoms with E-state index in [2.05, 4.69) is 30.9 Å². The molecule has 5 rings (SSSR count). The molecule has 1 saturated heterocycles. The second-order valence-electron chi connectivity index (χ2n) is 7.21. The molecule has 136 valence electrons. The van der Waals surface area contributed by atoms with Gasteiger partial charge in [0.15, 0.2) is 11.5 Å². The Kier molecular flexibility index (Phi) is 3.85. The van der Waals surface area contributed by atoms with Crippen molar-refractivity contribution in [1.82, 2.24) is 34.5 Å². The fourth-order valence-corrected chi connectivity index (χ4v) is 4.13. The fraction of sp³-hybridized carbons (Fsp3) is 0.556. The Morgan fingerprint density at radius 1 is 1.12 bits per heavy atom. The molecule has 0 amide bonds. The van der Waals surface area contributed by atoms with Crippen LogP contribution >= 0.6 is 0 Å². The summed E-state index contributed by atoms with van der Waals surface area (Å²) < 4.78 is 9.24. The van der Waals surface area contributed by atoms with Crippen molar-refractivity contribution >= 4 is 5.65 Å². The molecule has 0 aromatic carbocycles. The molecule has 26 heavy (non-hydrogen) atoms. The fourth-order valence-electron chi connectivity index (χ4n) is 4.13. The molecule has 5 heterocycles. The van der Waals surface area contributed by atoms with Gasteiger partial charge in [0.2, 0.25) is 5.88 Å². The van der Waals surface area contributed by atoms with Gasteiger partial charge >= 0.3 is 0 Å². The number of ether oxygens (including phenoxy) is 1. The Morgan fingerprint density at radius 3 is 2.81 bits per heavy atom. The van der Waals surface area contributed by atoms with Crippen molar-refractivity contribution in [2.45, 2.75) is 44.7 Å². The Morgan fingerprint density at radius 2 is 2.00 bits per heavy atom. The maximum absolute atomic E-state index is 5.24. The van der Waals surface area contributed by atoms with E-state index >= 15 is 0 Å². The lowest BCUT2D eigenvalue weighted by Gasteiger charge is -2.30. The molecule has 3 aromatic heterocycles. The molecule has 3 aromatic rings. The van der Waals surface area contributed by atoms with E-state index in [1.165, 1.54) is 24.2 Å². The summed E-state index contributed by atoms with van der Waals surface area (Å²) in [5, 5.41) is 17.9. The Hall–Kier alpha value is -2.48. The summed E-state index contributed by atoms with van der Waals surface area (Å²) in [6.07, 6.45) is 4.53. The first kappa shape index (κ1) is 15.7. The van der Waals surface area contributed by atoms with Crippen molar-refractivity contribution in [3.8, 4) is 5.88 Å². The van der Waals surface area contributed by atoms with E-state index in [-0.39, 0.29) is 0 Å². The molecular formula is C18H23N7O. The van der Waals surface area contributed by atoms with Gasteiger partial charge in [-0.2, -0.15) is 9.61 Å². The minimum atomic E-state index is 0.382. The number of nitrogens with zero attached hydrogens (tertiary/aromatic N) is 7. The maximum Gasteiger partial charge on any atom is 0.231 e. The summed E-state index contributed by atoms with van der Waals surface area (Å²) in [5.74, 6) is 1.91. The summed E-state index contributed by atoms with van der Waals surface area (Å²) in [6, 6.07) is 6.00. The monoisotopic (exact) mass is 353 g/mol. The number of piperidine rings is 1. The van der Waals surface area contributed by atoms with E-state index < -0.39 is 0 Å². The molecule has 0 unspecified atom stereocenters. The molecule has 0 aliphatic carbocycles. The zero-order valence-electron chi connectivity index (χ0n) is 15.0. The number of hydrogen-bond acceptors (Lipinski definition) is 6. The third-order valence-electron chi connectivity index (χ3n) is 5.53. The highest BCUT2D eigenvalue weighted by Gasteiger charge is 2.26. The van der Waals surface area contributed by atoms with Gasteiger partial charge in [0, 0.05) is 30.8 Å². The zero-order valence-corrected chi connectivity index (χ0v) is 15.0. The van der Waals surface area contributed by atoms with Crippen LogP contribution in [-0.4, -0.2) is 54.7 Å². The summed E-state index contributed by atoms with van der Waals surface area (Å²) >= 11 is 0. The second-order valence-corrected chi connectivity index (χ2v) is 7.21. The van der Waals surface area contributed by atoms with E-state index in [1.807, 2.05) is 16.6 Å². The smallest absolute Gasteiger partial charge is 0.231 e. The number of likely N-dealkylation sites (tertiary alicyclic amines) is 1. The van der Waals surface area contributed by atoms with Gasteiger partial charge in [-0.05, 0) is 50.9 Å². The van der Waals surface area contributed by atoms with Gasteiger partial charge in [0.1, 0.15) is 0 Å². The van der Waals surface area contributed by atoms with Gasteiger partial charge < -0.3 is 4.74 Å². The molecule has 0 atom stereocenters. The van der Waals surface area contributed by atoms with Crippen molar-refractivity contribution in [3.63, 3.8) is 0 Å². The summed E-state index contributed by atoms with van der Waals surface area (Å²) in [6.45, 7) is 4.12. The Labute approximate surface area is 151 Å². The van der Waals surface area contributed by atoms with Crippen molar-refractivity contribution < 1.29 is 4.74 Å². The van der Waals surface area contributed by atoms with E-state index in [0.717, 1.165) is 50.5 Å². The highest BCUT2D eigenvalue weighted by Crippen LogP contribution is 2.28. The van der Waals surface area contributed by atoms with Crippen LogP contribution in [-0.2, 0) is 19.5 Å². The minimum Gasteiger partial charge on any atom is -0.480 e. The lowest BCUT2D eigenvalue weighted by molar-refractivity contribution is 0.198. The zero-order chi connectivity index (χ0) is 17.5. The van der Waals surface area contributed by atoms with Crippen molar-refractivity contribution in [3.05, 3.63) is 35.4 Å². The first-order valence-corrected chi connectivity index (χ1v) is 9.34. The van der Waals surface area contributed by atoms with Gasteiger partial charge in [-0.3, -0.25) is 9.58 Å². The lowest BCUT2D eigenvalue weighted by atomic mass is 9.96. The first-order chi connectivity index (χ1) is 12.8. The molecule has 8 nitrogen and oxygen atoms in total. The SMILES string of the molecule is COc1ccc2nnc(C3CCN(Cc4cc5n(n4)CCC5)CC3)n2n1. The summed E-state index contributed by atoms with van der Waals surface area (Å²) in [5.41, 5.74) is 3.37. The molecule has 0 bridgehead atoms. The molecule has 8 heteroatoms. The number of fused-ring (bicyclic) bond motifs is 2. The van der Waals surface area contributed by atoms with Crippen LogP contribution < -0.4 is 4.74 Å². The molecule has 2 aliphatic heterocycles. The van der Waals surface area contributed by atoms with E-state index in [1.54, 1.807) is 7.11 Å². The average Bonchev–Trinajstić information content (AvgIpc) is 3.36. The maximum atomic E-state index is 5.24. The predicted octanol–water partition coefficient (Wildman–Crippen LogP) is 1.66. The number of rotatable bonds is 4. The Bertz CT molecular complexity index is 901. The normalized spacial score (nSPS) is 18.5. The molecular weight excluding hydrogens is 330 g/mol. The van der Waals surface area contributed by atoms with Gasteiger partial charge in [0.25, 0.3) is 0 Å². The van der Waals surface area contributed by atoms with E-state index in [4.69, 9.17) is 9.84 Å².